The maximum atomic E-state index is 10.1. The summed E-state index contributed by atoms with van der Waals surface area (Å²) in [7, 11) is 1.63. The van der Waals surface area contributed by atoms with Gasteiger partial charge in [-0.2, -0.15) is 10.3 Å². The van der Waals surface area contributed by atoms with E-state index in [0.717, 1.165) is 32.1 Å². The van der Waals surface area contributed by atoms with Gasteiger partial charge in [-0.25, -0.2) is 0 Å². The van der Waals surface area contributed by atoms with Gasteiger partial charge in [0.25, 0.3) is 0 Å². The van der Waals surface area contributed by atoms with E-state index in [1.165, 1.54) is 6.40 Å². The topological polar surface area (TPSA) is 63.8 Å². The number of allylic oxidation sites excluding steroid dienone is 1. The fraction of sp³-hybridized carbons (Fsp3) is 0.167. The Morgan fingerprint density at radius 3 is 2.67 bits per heavy atom. The predicted molar refractivity (Wildman–Crippen MR) is 120 cm³/mol. The van der Waals surface area contributed by atoms with Crippen molar-refractivity contribution in [3.05, 3.63) is 81.7 Å². The summed E-state index contributed by atoms with van der Waals surface area (Å²) < 4.78 is 17.6. The van der Waals surface area contributed by atoms with Gasteiger partial charge in [0, 0.05) is 10.0 Å². The van der Waals surface area contributed by atoms with Crippen LogP contribution in [0.2, 0.25) is 0 Å². The second kappa shape index (κ2) is 8.60. The highest BCUT2D eigenvalue weighted by Gasteiger charge is 2.33. The molecule has 0 fully saturated rings. The third kappa shape index (κ3) is 3.64. The molecule has 1 atom stereocenters. The van der Waals surface area contributed by atoms with Crippen LogP contribution >= 0.6 is 15.9 Å². The van der Waals surface area contributed by atoms with Crippen LogP contribution in [0.15, 0.2) is 75.5 Å². The molecule has 1 aliphatic heterocycles. The molecule has 0 aliphatic carbocycles. The Hall–Kier alpha value is -3.30. The van der Waals surface area contributed by atoms with Crippen molar-refractivity contribution >= 4 is 33.1 Å². The fourth-order valence-corrected chi connectivity index (χ4v) is 3.99. The highest BCUT2D eigenvalue weighted by molar-refractivity contribution is 9.10. The molecule has 0 radical (unpaired) electrons. The molecule has 0 bridgehead atoms. The molecule has 150 valence electrons. The molecular formula is C24H19BrN2O3. The first-order valence-electron chi connectivity index (χ1n) is 9.48. The summed E-state index contributed by atoms with van der Waals surface area (Å²) in [6.07, 6.45) is 1.32. The Labute approximate surface area is 183 Å². The van der Waals surface area contributed by atoms with Crippen molar-refractivity contribution in [3.8, 4) is 17.6 Å². The van der Waals surface area contributed by atoms with Crippen molar-refractivity contribution in [2.75, 3.05) is 13.7 Å². The lowest BCUT2D eigenvalue weighted by Gasteiger charge is -2.28. The van der Waals surface area contributed by atoms with Gasteiger partial charge in [-0.3, -0.25) is 0 Å². The van der Waals surface area contributed by atoms with E-state index >= 15 is 0 Å². The zero-order valence-electron chi connectivity index (χ0n) is 16.6. The molecule has 3 aromatic rings. The highest BCUT2D eigenvalue weighted by Crippen LogP contribution is 2.47. The zero-order valence-corrected chi connectivity index (χ0v) is 18.1. The number of nitrogens with zero attached hydrogens (tertiary/aromatic N) is 2. The number of halogens is 1. The van der Waals surface area contributed by atoms with Crippen LogP contribution in [0.3, 0.4) is 0 Å². The van der Waals surface area contributed by atoms with Gasteiger partial charge in [0.2, 0.25) is 5.88 Å². The highest BCUT2D eigenvalue weighted by atomic mass is 79.9. The van der Waals surface area contributed by atoms with Crippen LogP contribution in [0.1, 0.15) is 24.0 Å². The lowest BCUT2D eigenvalue weighted by Crippen LogP contribution is -2.16. The monoisotopic (exact) mass is 462 g/mol. The van der Waals surface area contributed by atoms with Crippen LogP contribution in [0, 0.1) is 11.3 Å². The predicted octanol–water partition coefficient (Wildman–Crippen LogP) is 5.94. The van der Waals surface area contributed by atoms with E-state index in [-0.39, 0.29) is 11.8 Å². The quantitative estimate of drug-likeness (QED) is 0.347. The maximum absolute atomic E-state index is 10.1. The van der Waals surface area contributed by atoms with Gasteiger partial charge >= 0.3 is 0 Å². The Morgan fingerprint density at radius 1 is 1.17 bits per heavy atom. The molecule has 3 aromatic carbocycles. The number of aliphatic imine (C=N–C) groups is 1. The normalized spacial score (nSPS) is 15.6. The van der Waals surface area contributed by atoms with Gasteiger partial charge < -0.3 is 14.2 Å². The molecule has 4 rings (SSSR count). The van der Waals surface area contributed by atoms with Crippen molar-refractivity contribution in [1.82, 2.24) is 0 Å². The fourth-order valence-electron chi connectivity index (χ4n) is 3.62. The van der Waals surface area contributed by atoms with Crippen molar-refractivity contribution in [2.24, 2.45) is 4.99 Å². The molecule has 6 heteroatoms. The van der Waals surface area contributed by atoms with Gasteiger partial charge in [-0.05, 0) is 53.6 Å². The molecule has 30 heavy (non-hydrogen) atoms. The minimum Gasteiger partial charge on any atom is -0.497 e. The van der Waals surface area contributed by atoms with Gasteiger partial charge in [0.15, 0.2) is 6.40 Å². The molecule has 0 amide bonds. The lowest BCUT2D eigenvalue weighted by molar-refractivity contribution is 0.336. The summed E-state index contributed by atoms with van der Waals surface area (Å²) in [5.41, 5.74) is 2.33. The number of hydrogen-bond donors (Lipinski definition) is 0. The summed E-state index contributed by atoms with van der Waals surface area (Å²) in [6.45, 7) is 2.35. The number of fused-ring (bicyclic) bond motifs is 3. The first kappa shape index (κ1) is 20.0. The number of nitriles is 1. The molecule has 0 N–H and O–H groups in total. The minimum atomic E-state index is -0.330. The molecule has 0 saturated heterocycles. The zero-order chi connectivity index (χ0) is 21.1. The van der Waals surface area contributed by atoms with Crippen LogP contribution in [-0.2, 0) is 4.74 Å². The molecule has 0 saturated carbocycles. The molecular weight excluding hydrogens is 444 g/mol. The van der Waals surface area contributed by atoms with Gasteiger partial charge in [0.05, 0.1) is 19.6 Å². The number of rotatable bonds is 5. The largest absolute Gasteiger partial charge is 0.497 e. The smallest absolute Gasteiger partial charge is 0.236 e. The Bertz CT molecular complexity index is 1190. The molecule has 1 heterocycles. The van der Waals surface area contributed by atoms with E-state index in [2.05, 4.69) is 33.1 Å². The van der Waals surface area contributed by atoms with Crippen LogP contribution in [0.5, 0.6) is 11.5 Å². The number of hydrogen-bond acceptors (Lipinski definition) is 5. The van der Waals surface area contributed by atoms with Crippen LogP contribution in [-0.4, -0.2) is 20.1 Å². The summed E-state index contributed by atoms with van der Waals surface area (Å²) in [6, 6.07) is 20.1. The van der Waals surface area contributed by atoms with Crippen molar-refractivity contribution < 1.29 is 14.2 Å². The Kier molecular flexibility index (Phi) is 5.73. The van der Waals surface area contributed by atoms with E-state index in [4.69, 9.17) is 14.2 Å². The van der Waals surface area contributed by atoms with E-state index in [1.54, 1.807) is 7.11 Å². The van der Waals surface area contributed by atoms with Crippen LogP contribution in [0.25, 0.3) is 10.8 Å². The molecule has 5 nitrogen and oxygen atoms in total. The van der Waals surface area contributed by atoms with Crippen molar-refractivity contribution in [1.29, 1.82) is 5.26 Å². The first-order chi connectivity index (χ1) is 14.7. The summed E-state index contributed by atoms with van der Waals surface area (Å²) in [4.78, 5) is 4.28. The van der Waals surface area contributed by atoms with Gasteiger partial charge in [0.1, 0.15) is 23.1 Å². The van der Waals surface area contributed by atoms with Crippen molar-refractivity contribution in [3.63, 3.8) is 0 Å². The van der Waals surface area contributed by atoms with Crippen LogP contribution < -0.4 is 9.47 Å². The van der Waals surface area contributed by atoms with Crippen molar-refractivity contribution in [2.45, 2.75) is 12.8 Å². The number of ether oxygens (including phenoxy) is 3. The molecule has 1 aliphatic rings. The first-order valence-corrected chi connectivity index (χ1v) is 10.3. The lowest BCUT2D eigenvalue weighted by atomic mass is 9.81. The van der Waals surface area contributed by atoms with E-state index in [0.29, 0.717) is 17.9 Å². The SMILES string of the molecule is CCO/C=N/C1=C(C#N)C(c2ccc(OC)cc2)c2c(ccc3cc(Br)ccc23)O1. The third-order valence-corrected chi connectivity index (χ3v) is 5.47. The average Bonchev–Trinajstić information content (AvgIpc) is 2.78. The second-order valence-electron chi connectivity index (χ2n) is 6.67. The Balaban J connectivity index is 1.97. The van der Waals surface area contributed by atoms with Gasteiger partial charge in [-0.1, -0.05) is 40.2 Å². The molecule has 1 unspecified atom stereocenters. The summed E-state index contributed by atoms with van der Waals surface area (Å²) in [5, 5.41) is 12.1. The number of benzene rings is 3. The van der Waals surface area contributed by atoms with E-state index in [9.17, 15) is 5.26 Å². The number of methoxy groups -OCH3 is 1. The standard InChI is InChI=1S/C24H19BrN2O3/c1-3-29-14-27-24-20(13-26)22(15-4-8-18(28-2)9-5-15)23-19-10-7-17(25)12-16(19)6-11-21(23)30-24/h4-12,14,22H,3H2,1-2H3/b27-14+. The second-order valence-corrected chi connectivity index (χ2v) is 7.59. The summed E-state index contributed by atoms with van der Waals surface area (Å²) in [5.74, 6) is 1.34. The van der Waals surface area contributed by atoms with E-state index < -0.39 is 0 Å². The minimum absolute atomic E-state index is 0.246. The average molecular weight is 463 g/mol. The van der Waals surface area contributed by atoms with Crippen LogP contribution in [0.4, 0.5) is 0 Å². The molecule has 0 aromatic heterocycles. The van der Waals surface area contributed by atoms with E-state index in [1.807, 2.05) is 55.5 Å². The summed E-state index contributed by atoms with van der Waals surface area (Å²) >= 11 is 3.53. The third-order valence-electron chi connectivity index (χ3n) is 4.98. The Morgan fingerprint density at radius 2 is 1.97 bits per heavy atom. The van der Waals surface area contributed by atoms with Gasteiger partial charge in [-0.15, -0.1) is 0 Å². The maximum Gasteiger partial charge on any atom is 0.236 e. The molecule has 0 spiro atoms.